The maximum absolute atomic E-state index is 13.2. The monoisotopic (exact) mass is 357 g/mol. The van der Waals surface area contributed by atoms with Crippen LogP contribution in [0.1, 0.15) is 30.6 Å². The summed E-state index contributed by atoms with van der Waals surface area (Å²) in [5.74, 6) is 0.578. The number of carbonyl (C=O) groups is 1. The number of rotatable bonds is 6. The summed E-state index contributed by atoms with van der Waals surface area (Å²) in [6.45, 7) is 7.70. The lowest BCUT2D eigenvalue weighted by Crippen LogP contribution is -2.55. The molecule has 7 nitrogen and oxygen atoms in total. The van der Waals surface area contributed by atoms with Crippen molar-refractivity contribution in [1.29, 1.82) is 0 Å². The molecule has 140 valence electrons. The first-order valence-electron chi connectivity index (χ1n) is 9.18. The lowest BCUT2D eigenvalue weighted by Gasteiger charge is -2.42. The number of carbonyl (C=O) groups excluding carboxylic acids is 1. The highest BCUT2D eigenvalue weighted by molar-refractivity contribution is 5.97. The summed E-state index contributed by atoms with van der Waals surface area (Å²) in [6, 6.07) is 7.72. The fourth-order valence-electron chi connectivity index (χ4n) is 3.58. The molecule has 1 fully saturated rings. The molecule has 1 aromatic heterocycles. The molecule has 1 atom stereocenters. The van der Waals surface area contributed by atoms with Crippen molar-refractivity contribution in [3.05, 3.63) is 42.5 Å². The van der Waals surface area contributed by atoms with Crippen LogP contribution in [0.15, 0.2) is 36.9 Å². The van der Waals surface area contributed by atoms with E-state index in [2.05, 4.69) is 28.9 Å². The molecule has 0 saturated carbocycles. The van der Waals surface area contributed by atoms with Crippen LogP contribution in [0.3, 0.4) is 0 Å². The van der Waals surface area contributed by atoms with Gasteiger partial charge in [-0.15, -0.1) is 10.2 Å². The summed E-state index contributed by atoms with van der Waals surface area (Å²) in [5.41, 5.74) is 1.43. The van der Waals surface area contributed by atoms with E-state index in [4.69, 9.17) is 0 Å². The van der Waals surface area contributed by atoms with Crippen LogP contribution in [0, 0.1) is 5.92 Å². The summed E-state index contributed by atoms with van der Waals surface area (Å²) >= 11 is 0. The number of piperazine rings is 1. The SMILES string of the molecule is CC(C)CN1CCN(C(=O)c2ccccc2-n2cnnc2)C[C@@H]1CCO. The lowest BCUT2D eigenvalue weighted by atomic mass is 10.0. The van der Waals surface area contributed by atoms with Gasteiger partial charge in [-0.2, -0.15) is 0 Å². The van der Waals surface area contributed by atoms with E-state index in [-0.39, 0.29) is 18.6 Å². The zero-order chi connectivity index (χ0) is 18.5. The van der Waals surface area contributed by atoms with Crippen molar-refractivity contribution in [3.8, 4) is 5.69 Å². The molecule has 1 aromatic carbocycles. The molecule has 0 unspecified atom stereocenters. The zero-order valence-corrected chi connectivity index (χ0v) is 15.5. The molecular weight excluding hydrogens is 330 g/mol. The van der Waals surface area contributed by atoms with E-state index in [1.807, 2.05) is 29.2 Å². The second-order valence-electron chi connectivity index (χ2n) is 7.19. The van der Waals surface area contributed by atoms with Gasteiger partial charge < -0.3 is 10.0 Å². The number of aromatic nitrogens is 3. The van der Waals surface area contributed by atoms with Crippen LogP contribution >= 0.6 is 0 Å². The Morgan fingerprint density at radius 2 is 1.96 bits per heavy atom. The average molecular weight is 357 g/mol. The molecule has 2 aromatic rings. The van der Waals surface area contributed by atoms with Gasteiger partial charge in [0.2, 0.25) is 0 Å². The minimum Gasteiger partial charge on any atom is -0.396 e. The maximum atomic E-state index is 13.2. The third-order valence-electron chi connectivity index (χ3n) is 4.79. The van der Waals surface area contributed by atoms with Crippen molar-refractivity contribution in [1.82, 2.24) is 24.6 Å². The Bertz CT molecular complexity index is 716. The number of benzene rings is 1. The van der Waals surface area contributed by atoms with Gasteiger partial charge in [-0.3, -0.25) is 14.3 Å². The van der Waals surface area contributed by atoms with E-state index in [0.717, 1.165) is 18.8 Å². The first-order chi connectivity index (χ1) is 12.6. The fraction of sp³-hybridized carbons (Fsp3) is 0.526. The van der Waals surface area contributed by atoms with Crippen LogP contribution in [0.5, 0.6) is 0 Å². The van der Waals surface area contributed by atoms with Crippen LogP contribution in [0.4, 0.5) is 0 Å². The topological polar surface area (TPSA) is 74.5 Å². The third kappa shape index (κ3) is 4.11. The molecule has 7 heteroatoms. The Kier molecular flexibility index (Phi) is 6.00. The Morgan fingerprint density at radius 1 is 1.23 bits per heavy atom. The van der Waals surface area contributed by atoms with E-state index in [1.165, 1.54) is 0 Å². The third-order valence-corrected chi connectivity index (χ3v) is 4.79. The van der Waals surface area contributed by atoms with Crippen molar-refractivity contribution in [3.63, 3.8) is 0 Å². The Balaban J connectivity index is 1.79. The number of hydrogen-bond acceptors (Lipinski definition) is 5. The molecule has 1 aliphatic rings. The molecule has 0 bridgehead atoms. The standard InChI is InChI=1S/C19H27N5O2/c1-15(2)11-22-8-9-23(12-16(22)7-10-25)19(26)17-5-3-4-6-18(17)24-13-20-21-14-24/h3-6,13-16,25H,7-12H2,1-2H3/t16-/m0/s1. The van der Waals surface area contributed by atoms with Crippen molar-refractivity contribution < 1.29 is 9.90 Å². The van der Waals surface area contributed by atoms with Gasteiger partial charge in [-0.05, 0) is 24.5 Å². The van der Waals surface area contributed by atoms with Gasteiger partial charge in [0.15, 0.2) is 0 Å². The molecule has 3 rings (SSSR count). The fourth-order valence-corrected chi connectivity index (χ4v) is 3.58. The molecule has 1 amide bonds. The van der Waals surface area contributed by atoms with Gasteiger partial charge in [-0.1, -0.05) is 26.0 Å². The van der Waals surface area contributed by atoms with Gasteiger partial charge in [0.1, 0.15) is 12.7 Å². The summed E-state index contributed by atoms with van der Waals surface area (Å²) in [6.07, 6.45) is 3.88. The predicted octanol–water partition coefficient (Wildman–Crippen LogP) is 1.43. The summed E-state index contributed by atoms with van der Waals surface area (Å²) < 4.78 is 1.76. The smallest absolute Gasteiger partial charge is 0.256 e. The number of hydrogen-bond donors (Lipinski definition) is 1. The number of para-hydroxylation sites is 1. The first-order valence-corrected chi connectivity index (χ1v) is 9.18. The van der Waals surface area contributed by atoms with E-state index < -0.39 is 0 Å². The van der Waals surface area contributed by atoms with Gasteiger partial charge in [0.05, 0.1) is 11.3 Å². The lowest BCUT2D eigenvalue weighted by molar-refractivity contribution is 0.0384. The molecule has 0 aliphatic carbocycles. The van der Waals surface area contributed by atoms with Crippen LogP contribution in [0.2, 0.25) is 0 Å². The van der Waals surface area contributed by atoms with E-state index in [0.29, 0.717) is 31.0 Å². The summed E-state index contributed by atoms with van der Waals surface area (Å²) in [7, 11) is 0. The highest BCUT2D eigenvalue weighted by Crippen LogP contribution is 2.20. The van der Waals surface area contributed by atoms with Crippen molar-refractivity contribution in [2.75, 3.05) is 32.8 Å². The summed E-state index contributed by atoms with van der Waals surface area (Å²) in [5, 5.41) is 17.1. The number of amides is 1. The van der Waals surface area contributed by atoms with Crippen LogP contribution in [0.25, 0.3) is 5.69 Å². The van der Waals surface area contributed by atoms with E-state index in [1.54, 1.807) is 17.2 Å². The number of aliphatic hydroxyl groups excluding tert-OH is 1. The zero-order valence-electron chi connectivity index (χ0n) is 15.5. The molecule has 1 aliphatic heterocycles. The van der Waals surface area contributed by atoms with Gasteiger partial charge in [0.25, 0.3) is 5.91 Å². The Labute approximate surface area is 154 Å². The second kappa shape index (κ2) is 8.42. The van der Waals surface area contributed by atoms with Crippen molar-refractivity contribution in [2.24, 2.45) is 5.92 Å². The minimum atomic E-state index is 0.0152. The number of nitrogens with zero attached hydrogens (tertiary/aromatic N) is 5. The molecule has 2 heterocycles. The van der Waals surface area contributed by atoms with Crippen LogP contribution in [-0.4, -0.2) is 74.4 Å². The van der Waals surface area contributed by atoms with Crippen LogP contribution < -0.4 is 0 Å². The van der Waals surface area contributed by atoms with Gasteiger partial charge in [-0.25, -0.2) is 0 Å². The highest BCUT2D eigenvalue weighted by atomic mass is 16.3. The molecule has 1 saturated heterocycles. The normalized spacial score (nSPS) is 18.5. The molecule has 26 heavy (non-hydrogen) atoms. The maximum Gasteiger partial charge on any atom is 0.256 e. The predicted molar refractivity (Wildman–Crippen MR) is 99.2 cm³/mol. The quantitative estimate of drug-likeness (QED) is 0.847. The average Bonchev–Trinajstić information content (AvgIpc) is 3.17. The highest BCUT2D eigenvalue weighted by Gasteiger charge is 2.30. The Hall–Kier alpha value is -2.25. The number of aliphatic hydroxyl groups is 1. The molecular formula is C19H27N5O2. The van der Waals surface area contributed by atoms with Crippen molar-refractivity contribution in [2.45, 2.75) is 26.3 Å². The minimum absolute atomic E-state index is 0.0152. The van der Waals surface area contributed by atoms with Gasteiger partial charge >= 0.3 is 0 Å². The molecule has 0 spiro atoms. The van der Waals surface area contributed by atoms with Crippen LogP contribution in [-0.2, 0) is 0 Å². The van der Waals surface area contributed by atoms with E-state index in [9.17, 15) is 9.90 Å². The first kappa shape index (κ1) is 18.5. The van der Waals surface area contributed by atoms with E-state index >= 15 is 0 Å². The van der Waals surface area contributed by atoms with Crippen molar-refractivity contribution >= 4 is 5.91 Å². The molecule has 1 N–H and O–H groups in total. The second-order valence-corrected chi connectivity index (χ2v) is 7.19. The Morgan fingerprint density at radius 3 is 2.65 bits per heavy atom. The largest absolute Gasteiger partial charge is 0.396 e. The van der Waals surface area contributed by atoms with Gasteiger partial charge in [0, 0.05) is 38.8 Å². The molecule has 0 radical (unpaired) electrons. The summed E-state index contributed by atoms with van der Waals surface area (Å²) in [4.78, 5) is 17.5.